The summed E-state index contributed by atoms with van der Waals surface area (Å²) in [7, 11) is 8.79. The van der Waals surface area contributed by atoms with Crippen molar-refractivity contribution in [2.75, 3.05) is 73.4 Å². The SMILES string of the molecule is COCCCN1/C(=C/C=C2\CCC(/C=C/C3=[N+](CCCOC)c4ccc(OC)cc4C3(C)C)=C2OC(c2cccc[n+]2CCCOC)C(C)(C)C)C(C)(C)c2cc(OC)ccc21. The van der Waals surface area contributed by atoms with Crippen molar-refractivity contribution in [2.24, 2.45) is 5.41 Å². The summed E-state index contributed by atoms with van der Waals surface area (Å²) < 4.78 is 40.3. The number of nitrogens with zero attached hydrogens (tertiary/aromatic N) is 3. The fraction of sp³-hybridized carbons (Fsp3) is 0.509. The average Bonchev–Trinajstić information content (AvgIpc) is 3.81. The molecule has 62 heavy (non-hydrogen) atoms. The van der Waals surface area contributed by atoms with Crippen molar-refractivity contribution in [2.45, 2.75) is 104 Å². The Morgan fingerprint density at radius 2 is 1.39 bits per heavy atom. The highest BCUT2D eigenvalue weighted by Gasteiger charge is 2.45. The molecule has 0 saturated carbocycles. The highest BCUT2D eigenvalue weighted by Crippen LogP contribution is 2.50. The molecule has 0 N–H and O–H groups in total. The van der Waals surface area contributed by atoms with Crippen molar-refractivity contribution in [3.63, 3.8) is 0 Å². The van der Waals surface area contributed by atoms with E-state index in [0.29, 0.717) is 19.8 Å². The summed E-state index contributed by atoms with van der Waals surface area (Å²) in [4.78, 5) is 2.47. The molecule has 2 aromatic carbocycles. The van der Waals surface area contributed by atoms with Gasteiger partial charge in [-0.25, -0.2) is 0 Å². The Bertz CT molecular complexity index is 2200. The van der Waals surface area contributed by atoms with Crippen LogP contribution in [-0.2, 0) is 36.3 Å². The minimum atomic E-state index is -0.250. The van der Waals surface area contributed by atoms with Gasteiger partial charge in [-0.1, -0.05) is 40.7 Å². The highest BCUT2D eigenvalue weighted by atomic mass is 16.5. The van der Waals surface area contributed by atoms with E-state index in [4.69, 9.17) is 28.4 Å². The van der Waals surface area contributed by atoms with E-state index >= 15 is 0 Å². The van der Waals surface area contributed by atoms with Crippen LogP contribution in [0.5, 0.6) is 11.5 Å². The third-order valence-electron chi connectivity index (χ3n) is 12.8. The van der Waals surface area contributed by atoms with Gasteiger partial charge in [-0.3, -0.25) is 0 Å². The molecule has 3 aliphatic rings. The zero-order valence-electron chi connectivity index (χ0n) is 39.7. The van der Waals surface area contributed by atoms with E-state index in [-0.39, 0.29) is 22.3 Å². The van der Waals surface area contributed by atoms with Crippen LogP contribution in [0.3, 0.4) is 0 Å². The van der Waals surface area contributed by atoms with Crippen LogP contribution in [0.25, 0.3) is 0 Å². The van der Waals surface area contributed by atoms with Crippen LogP contribution < -0.4 is 18.9 Å². The summed E-state index contributed by atoms with van der Waals surface area (Å²) in [5.74, 6) is 2.71. The van der Waals surface area contributed by atoms with Gasteiger partial charge >= 0.3 is 0 Å². The van der Waals surface area contributed by atoms with Gasteiger partial charge in [0, 0.05) is 99.4 Å². The smallest absolute Gasteiger partial charge is 0.222 e. The quantitative estimate of drug-likeness (QED) is 0.0829. The third-order valence-corrected chi connectivity index (χ3v) is 12.8. The Hall–Kier alpha value is -4.70. The number of aryl methyl sites for hydroxylation is 1. The molecule has 0 amide bonds. The van der Waals surface area contributed by atoms with Crippen LogP contribution >= 0.6 is 0 Å². The Balaban J connectivity index is 1.49. The predicted molar refractivity (Wildman–Crippen MR) is 250 cm³/mol. The van der Waals surface area contributed by atoms with E-state index < -0.39 is 0 Å². The minimum absolute atomic E-state index is 0.217. The zero-order valence-corrected chi connectivity index (χ0v) is 39.7. The van der Waals surface area contributed by atoms with Crippen molar-refractivity contribution in [3.05, 3.63) is 125 Å². The summed E-state index contributed by atoms with van der Waals surface area (Å²) in [5.41, 5.74) is 10.3. The highest BCUT2D eigenvalue weighted by molar-refractivity contribution is 6.03. The van der Waals surface area contributed by atoms with Gasteiger partial charge in [0.1, 0.15) is 17.3 Å². The molecular formula is C53H73N3O6+2. The van der Waals surface area contributed by atoms with Crippen LogP contribution in [0.2, 0.25) is 0 Å². The molecule has 0 bridgehead atoms. The van der Waals surface area contributed by atoms with Gasteiger partial charge in [0.2, 0.25) is 11.4 Å². The van der Waals surface area contributed by atoms with Gasteiger partial charge in [-0.15, -0.1) is 0 Å². The number of ether oxygens (including phenoxy) is 6. The number of anilines is 1. The topological polar surface area (TPSA) is 65.5 Å². The monoisotopic (exact) mass is 848 g/mol. The molecule has 3 aromatic rings. The molecule has 3 heterocycles. The first-order chi connectivity index (χ1) is 29.7. The molecule has 0 fully saturated rings. The second kappa shape index (κ2) is 20.2. The first kappa shape index (κ1) is 46.8. The largest absolute Gasteiger partial charge is 0.497 e. The number of pyridine rings is 1. The minimum Gasteiger partial charge on any atom is -0.497 e. The summed E-state index contributed by atoms with van der Waals surface area (Å²) in [5, 5.41) is 0. The van der Waals surface area contributed by atoms with Gasteiger partial charge in [-0.05, 0) is 98.4 Å². The predicted octanol–water partition coefficient (Wildman–Crippen LogP) is 10.5. The molecular weight excluding hydrogens is 775 g/mol. The van der Waals surface area contributed by atoms with Crippen LogP contribution in [0.15, 0.2) is 108 Å². The van der Waals surface area contributed by atoms with Gasteiger partial charge in [-0.2, -0.15) is 9.14 Å². The van der Waals surface area contributed by atoms with E-state index in [1.807, 2.05) is 0 Å². The molecule has 1 aromatic heterocycles. The number of hydrogen-bond acceptors (Lipinski definition) is 7. The normalized spacial score (nSPS) is 18.7. The van der Waals surface area contributed by atoms with Crippen LogP contribution in [0, 0.1) is 5.41 Å². The summed E-state index contributed by atoms with van der Waals surface area (Å²) in [6.45, 7) is 20.8. The van der Waals surface area contributed by atoms with Gasteiger partial charge in [0.05, 0.1) is 32.8 Å². The van der Waals surface area contributed by atoms with Crippen molar-refractivity contribution < 1.29 is 37.6 Å². The fourth-order valence-corrected chi connectivity index (χ4v) is 9.42. The van der Waals surface area contributed by atoms with Crippen molar-refractivity contribution in [3.8, 4) is 11.5 Å². The summed E-state index contributed by atoms with van der Waals surface area (Å²) in [6.07, 6.45) is 15.8. The second-order valence-corrected chi connectivity index (χ2v) is 18.9. The molecule has 0 spiro atoms. The molecule has 9 heteroatoms. The van der Waals surface area contributed by atoms with Gasteiger partial charge in [0.25, 0.3) is 0 Å². The number of benzene rings is 2. The maximum atomic E-state index is 7.54. The summed E-state index contributed by atoms with van der Waals surface area (Å²) in [6, 6.07) is 19.4. The zero-order chi connectivity index (χ0) is 44.7. The van der Waals surface area contributed by atoms with Gasteiger partial charge < -0.3 is 33.3 Å². The van der Waals surface area contributed by atoms with E-state index in [2.05, 4.69) is 148 Å². The third kappa shape index (κ3) is 9.91. The molecule has 1 unspecified atom stereocenters. The average molecular weight is 848 g/mol. The molecule has 1 aliphatic carbocycles. The standard InChI is InChI=1S/C53H73N3O6/c1-51(2,3)50(46-18-13-14-29-54(46)30-15-33-57-8)62-49-38(21-27-47-52(4,5)42-36-40(60-11)23-25-44(42)55(47)31-16-34-58-9)19-20-39(49)22-28-48-53(6,7)43-37-41(61-12)24-26-45(43)56(48)32-17-35-59-10/h13-14,18,21-29,36-37,50H,15-17,19-20,30-35H2,1-12H3/q+2. The number of rotatable bonds is 20. The number of fused-ring (bicyclic) bond motifs is 2. The fourth-order valence-electron chi connectivity index (χ4n) is 9.42. The first-order valence-electron chi connectivity index (χ1n) is 22.5. The number of hydrogen-bond donors (Lipinski definition) is 0. The Morgan fingerprint density at radius 3 is 2.06 bits per heavy atom. The van der Waals surface area contributed by atoms with Gasteiger partial charge in [0.15, 0.2) is 31.1 Å². The number of allylic oxidation sites excluding steroid dienone is 7. The first-order valence-corrected chi connectivity index (χ1v) is 22.5. The Kier molecular flexibility index (Phi) is 15.3. The van der Waals surface area contributed by atoms with Crippen molar-refractivity contribution in [1.82, 2.24) is 0 Å². The lowest BCUT2D eigenvalue weighted by atomic mass is 9.81. The lowest BCUT2D eigenvalue weighted by Gasteiger charge is -2.31. The molecule has 0 radical (unpaired) electrons. The van der Waals surface area contributed by atoms with E-state index in [0.717, 1.165) is 74.7 Å². The van der Waals surface area contributed by atoms with Crippen LogP contribution in [-0.4, -0.2) is 78.7 Å². The lowest BCUT2D eigenvalue weighted by Crippen LogP contribution is -2.42. The number of methoxy groups -OCH3 is 5. The molecule has 9 nitrogen and oxygen atoms in total. The molecule has 6 rings (SSSR count). The van der Waals surface area contributed by atoms with Crippen LogP contribution in [0.1, 0.15) is 103 Å². The maximum Gasteiger partial charge on any atom is 0.222 e. The number of aromatic nitrogens is 1. The Morgan fingerprint density at radius 1 is 0.726 bits per heavy atom. The second-order valence-electron chi connectivity index (χ2n) is 18.9. The lowest BCUT2D eigenvalue weighted by molar-refractivity contribution is -0.709. The van der Waals surface area contributed by atoms with Crippen molar-refractivity contribution >= 4 is 17.1 Å². The van der Waals surface area contributed by atoms with Crippen LogP contribution in [0.4, 0.5) is 11.4 Å². The molecule has 1 atom stereocenters. The molecule has 334 valence electrons. The maximum absolute atomic E-state index is 7.54. The molecule has 2 aliphatic heterocycles. The van der Waals surface area contributed by atoms with Crippen molar-refractivity contribution in [1.29, 1.82) is 0 Å². The van der Waals surface area contributed by atoms with E-state index in [9.17, 15) is 0 Å². The Labute approximate surface area is 372 Å². The van der Waals surface area contributed by atoms with E-state index in [1.54, 1.807) is 35.5 Å². The van der Waals surface area contributed by atoms with E-state index in [1.165, 1.54) is 45.1 Å². The molecule has 0 saturated heterocycles. The summed E-state index contributed by atoms with van der Waals surface area (Å²) >= 11 is 0.